The third-order valence-electron chi connectivity index (χ3n) is 3.17. The van der Waals surface area contributed by atoms with Gasteiger partial charge in [0.05, 0.1) is 6.61 Å². The minimum atomic E-state index is -0.641. The van der Waals surface area contributed by atoms with Crippen LogP contribution < -0.4 is 0 Å². The molecule has 1 heterocycles. The fraction of sp³-hybridized carbons (Fsp3) is 0.312. The van der Waals surface area contributed by atoms with Crippen LogP contribution in [0.4, 0.5) is 4.79 Å². The van der Waals surface area contributed by atoms with Crippen LogP contribution in [0.2, 0.25) is 0 Å². The standard InChI is InChI=1S/C16H16N2O4/c1-2-21-15(19)14(8-17)13-9-18(10-13)16(20)22-11-12-6-4-3-5-7-12/h3-7H,2,9-11H2,1H3. The molecule has 1 aromatic carbocycles. The number of benzene rings is 1. The van der Waals surface area contributed by atoms with E-state index >= 15 is 0 Å². The molecule has 0 spiro atoms. The Morgan fingerprint density at radius 2 is 1.91 bits per heavy atom. The maximum absolute atomic E-state index is 11.8. The van der Waals surface area contributed by atoms with Crippen molar-refractivity contribution in [3.05, 3.63) is 47.0 Å². The number of esters is 1. The number of carbonyl (C=O) groups is 2. The Kier molecular flexibility index (Phi) is 5.15. The maximum atomic E-state index is 11.8. The molecule has 0 bridgehead atoms. The van der Waals surface area contributed by atoms with Gasteiger partial charge in [0, 0.05) is 13.1 Å². The van der Waals surface area contributed by atoms with Gasteiger partial charge in [-0.25, -0.2) is 9.59 Å². The summed E-state index contributed by atoms with van der Waals surface area (Å²) in [5.41, 5.74) is 1.47. The number of nitriles is 1. The Hall–Kier alpha value is -2.81. The summed E-state index contributed by atoms with van der Waals surface area (Å²) >= 11 is 0. The number of ether oxygens (including phenoxy) is 2. The lowest BCUT2D eigenvalue weighted by Crippen LogP contribution is -2.45. The second kappa shape index (κ2) is 7.27. The molecule has 6 nitrogen and oxygen atoms in total. The first-order valence-corrected chi connectivity index (χ1v) is 6.90. The molecule has 22 heavy (non-hydrogen) atoms. The van der Waals surface area contributed by atoms with Gasteiger partial charge < -0.3 is 9.47 Å². The van der Waals surface area contributed by atoms with Gasteiger partial charge in [-0.15, -0.1) is 0 Å². The summed E-state index contributed by atoms with van der Waals surface area (Å²) < 4.78 is 9.97. The van der Waals surface area contributed by atoms with E-state index in [-0.39, 0.29) is 31.9 Å². The van der Waals surface area contributed by atoms with E-state index in [0.29, 0.717) is 5.57 Å². The number of rotatable bonds is 4. The minimum Gasteiger partial charge on any atom is -0.462 e. The van der Waals surface area contributed by atoms with Crippen molar-refractivity contribution in [3.63, 3.8) is 0 Å². The van der Waals surface area contributed by atoms with Gasteiger partial charge in [0.1, 0.15) is 18.2 Å². The van der Waals surface area contributed by atoms with Crippen molar-refractivity contribution >= 4 is 12.1 Å². The summed E-state index contributed by atoms with van der Waals surface area (Å²) in [5, 5.41) is 8.99. The first kappa shape index (κ1) is 15.6. The van der Waals surface area contributed by atoms with Crippen LogP contribution >= 0.6 is 0 Å². The lowest BCUT2D eigenvalue weighted by atomic mass is 10.0. The fourth-order valence-electron chi connectivity index (χ4n) is 1.98. The third-order valence-corrected chi connectivity index (χ3v) is 3.17. The lowest BCUT2D eigenvalue weighted by molar-refractivity contribution is -0.138. The Balaban J connectivity index is 1.86. The number of carbonyl (C=O) groups excluding carboxylic acids is 2. The molecule has 6 heteroatoms. The molecule has 1 aliphatic rings. The number of amides is 1. The highest BCUT2D eigenvalue weighted by Gasteiger charge is 2.31. The molecule has 1 amide bonds. The van der Waals surface area contributed by atoms with Crippen molar-refractivity contribution in [2.45, 2.75) is 13.5 Å². The smallest absolute Gasteiger partial charge is 0.410 e. The molecule has 0 atom stereocenters. The molecular formula is C16H16N2O4. The molecule has 2 rings (SSSR count). The molecule has 1 saturated heterocycles. The van der Waals surface area contributed by atoms with E-state index in [1.807, 2.05) is 36.4 Å². The van der Waals surface area contributed by atoms with Crippen LogP contribution in [-0.2, 0) is 20.9 Å². The van der Waals surface area contributed by atoms with E-state index in [0.717, 1.165) is 5.56 Å². The van der Waals surface area contributed by atoms with Gasteiger partial charge in [-0.2, -0.15) is 5.26 Å². The van der Waals surface area contributed by atoms with Crippen molar-refractivity contribution < 1.29 is 19.1 Å². The summed E-state index contributed by atoms with van der Waals surface area (Å²) in [4.78, 5) is 24.8. The zero-order chi connectivity index (χ0) is 15.9. The van der Waals surface area contributed by atoms with Crippen molar-refractivity contribution in [1.29, 1.82) is 5.26 Å². The molecule has 0 saturated carbocycles. The van der Waals surface area contributed by atoms with Crippen LogP contribution in [0.15, 0.2) is 41.5 Å². The molecule has 1 fully saturated rings. The van der Waals surface area contributed by atoms with Crippen LogP contribution in [0.25, 0.3) is 0 Å². The summed E-state index contributed by atoms with van der Waals surface area (Å²) in [6, 6.07) is 11.2. The zero-order valence-corrected chi connectivity index (χ0v) is 12.2. The third kappa shape index (κ3) is 3.64. The van der Waals surface area contributed by atoms with Crippen molar-refractivity contribution in [2.75, 3.05) is 19.7 Å². The lowest BCUT2D eigenvalue weighted by Gasteiger charge is -2.33. The molecule has 0 N–H and O–H groups in total. The highest BCUT2D eigenvalue weighted by molar-refractivity contribution is 5.94. The van der Waals surface area contributed by atoms with Gasteiger partial charge in [0.25, 0.3) is 0 Å². The highest BCUT2D eigenvalue weighted by atomic mass is 16.6. The second-order valence-corrected chi connectivity index (χ2v) is 4.71. The SMILES string of the molecule is CCOC(=O)C(C#N)=C1CN(C(=O)OCc2ccccc2)C1. The molecule has 1 aliphatic heterocycles. The van der Waals surface area contributed by atoms with Gasteiger partial charge in [-0.3, -0.25) is 4.90 Å². The number of hydrogen-bond donors (Lipinski definition) is 0. The van der Waals surface area contributed by atoms with Crippen LogP contribution in [-0.4, -0.2) is 36.7 Å². The molecular weight excluding hydrogens is 284 g/mol. The van der Waals surface area contributed by atoms with Crippen LogP contribution in [0.5, 0.6) is 0 Å². The van der Waals surface area contributed by atoms with E-state index in [9.17, 15) is 9.59 Å². The van der Waals surface area contributed by atoms with Crippen molar-refractivity contribution in [2.24, 2.45) is 0 Å². The molecule has 0 unspecified atom stereocenters. The van der Waals surface area contributed by atoms with Gasteiger partial charge >= 0.3 is 12.1 Å². The number of hydrogen-bond acceptors (Lipinski definition) is 5. The van der Waals surface area contributed by atoms with E-state index in [1.165, 1.54) is 4.90 Å². The topological polar surface area (TPSA) is 79.6 Å². The monoisotopic (exact) mass is 300 g/mol. The van der Waals surface area contributed by atoms with Gasteiger partial charge in [0.15, 0.2) is 0 Å². The summed E-state index contributed by atoms with van der Waals surface area (Å²) in [6.45, 7) is 2.51. The quantitative estimate of drug-likeness (QED) is 0.483. The highest BCUT2D eigenvalue weighted by Crippen LogP contribution is 2.20. The Labute approximate surface area is 128 Å². The number of nitrogens with zero attached hydrogens (tertiary/aromatic N) is 2. The summed E-state index contributed by atoms with van der Waals surface area (Å²) in [7, 11) is 0. The van der Waals surface area contributed by atoms with Crippen LogP contribution in [0.1, 0.15) is 12.5 Å². The predicted octanol–water partition coefficient (Wildman–Crippen LogP) is 2.02. The minimum absolute atomic E-state index is 0.0195. The van der Waals surface area contributed by atoms with Crippen molar-refractivity contribution in [1.82, 2.24) is 4.90 Å². The molecule has 0 radical (unpaired) electrons. The molecule has 114 valence electrons. The maximum Gasteiger partial charge on any atom is 0.410 e. The average Bonchev–Trinajstić information content (AvgIpc) is 2.49. The van der Waals surface area contributed by atoms with Gasteiger partial charge in [-0.05, 0) is 18.1 Å². The second-order valence-electron chi connectivity index (χ2n) is 4.71. The van der Waals surface area contributed by atoms with Gasteiger partial charge in [-0.1, -0.05) is 30.3 Å². The normalized spacial score (nSPS) is 12.9. The molecule has 0 aliphatic carbocycles. The van der Waals surface area contributed by atoms with Crippen molar-refractivity contribution in [3.8, 4) is 6.07 Å². The van der Waals surface area contributed by atoms with E-state index in [4.69, 9.17) is 14.7 Å². The van der Waals surface area contributed by atoms with E-state index in [2.05, 4.69) is 0 Å². The molecule has 1 aromatic rings. The Morgan fingerprint density at radius 1 is 1.23 bits per heavy atom. The van der Waals surface area contributed by atoms with Crippen LogP contribution in [0, 0.1) is 11.3 Å². The van der Waals surface area contributed by atoms with E-state index < -0.39 is 12.1 Å². The predicted molar refractivity (Wildman–Crippen MR) is 77.5 cm³/mol. The Morgan fingerprint density at radius 3 is 2.50 bits per heavy atom. The fourth-order valence-corrected chi connectivity index (χ4v) is 1.98. The molecule has 0 aromatic heterocycles. The number of likely N-dealkylation sites (tertiary alicyclic amines) is 1. The van der Waals surface area contributed by atoms with Crippen LogP contribution in [0.3, 0.4) is 0 Å². The first-order valence-electron chi connectivity index (χ1n) is 6.90. The van der Waals surface area contributed by atoms with Gasteiger partial charge in [0.2, 0.25) is 0 Å². The average molecular weight is 300 g/mol. The Bertz CT molecular complexity index is 623. The zero-order valence-electron chi connectivity index (χ0n) is 12.2. The summed E-state index contributed by atoms with van der Waals surface area (Å²) in [6.07, 6.45) is -0.464. The summed E-state index contributed by atoms with van der Waals surface area (Å²) in [5.74, 6) is -0.641. The largest absolute Gasteiger partial charge is 0.462 e. The van der Waals surface area contributed by atoms with E-state index in [1.54, 1.807) is 6.92 Å². The first-order chi connectivity index (χ1) is 10.7.